The number of para-hydroxylation sites is 2. The maximum absolute atomic E-state index is 13.1. The molecule has 4 heteroatoms. The zero-order valence-electron chi connectivity index (χ0n) is 14.2. The van der Waals surface area contributed by atoms with Gasteiger partial charge in [0.15, 0.2) is 5.16 Å². The zero-order valence-corrected chi connectivity index (χ0v) is 15.0. The van der Waals surface area contributed by atoms with Crippen molar-refractivity contribution in [1.29, 1.82) is 0 Å². The lowest BCUT2D eigenvalue weighted by molar-refractivity contribution is 0.771. The SMILES string of the molecule is CCCCCSc1nc2ccccc2c(=O)n1-c1ccccc1C. The molecule has 0 aliphatic rings. The number of nitrogens with zero attached hydrogens (tertiary/aromatic N) is 2. The van der Waals surface area contributed by atoms with Crippen molar-refractivity contribution in [3.8, 4) is 5.69 Å². The Morgan fingerprint density at radius 1 is 1.04 bits per heavy atom. The van der Waals surface area contributed by atoms with Gasteiger partial charge >= 0.3 is 0 Å². The fourth-order valence-corrected chi connectivity index (χ4v) is 3.76. The Labute approximate surface area is 146 Å². The van der Waals surface area contributed by atoms with Gasteiger partial charge in [0.05, 0.1) is 16.6 Å². The molecule has 1 heterocycles. The second-order valence-corrected chi connectivity index (χ2v) is 6.96. The molecular weight excluding hydrogens is 316 g/mol. The van der Waals surface area contributed by atoms with Crippen LogP contribution in [-0.2, 0) is 0 Å². The first-order chi connectivity index (χ1) is 11.7. The van der Waals surface area contributed by atoms with E-state index in [2.05, 4.69) is 6.92 Å². The average molecular weight is 338 g/mol. The molecule has 0 aliphatic heterocycles. The molecule has 0 atom stereocenters. The molecule has 3 aromatic rings. The molecule has 0 amide bonds. The summed E-state index contributed by atoms with van der Waals surface area (Å²) in [6, 6.07) is 15.6. The quantitative estimate of drug-likeness (QED) is 0.361. The van der Waals surface area contributed by atoms with Crippen LogP contribution in [0, 0.1) is 6.92 Å². The molecule has 3 nitrogen and oxygen atoms in total. The van der Waals surface area contributed by atoms with Crippen molar-refractivity contribution >= 4 is 22.7 Å². The van der Waals surface area contributed by atoms with E-state index in [4.69, 9.17) is 4.98 Å². The van der Waals surface area contributed by atoms with Crippen molar-refractivity contribution in [2.24, 2.45) is 0 Å². The average Bonchev–Trinajstić information content (AvgIpc) is 2.60. The number of aryl methyl sites for hydroxylation is 1. The second kappa shape index (κ2) is 7.67. The zero-order chi connectivity index (χ0) is 16.9. The van der Waals surface area contributed by atoms with Crippen molar-refractivity contribution in [1.82, 2.24) is 9.55 Å². The van der Waals surface area contributed by atoms with Crippen LogP contribution in [0.3, 0.4) is 0 Å². The summed E-state index contributed by atoms with van der Waals surface area (Å²) in [4.78, 5) is 17.9. The van der Waals surface area contributed by atoms with E-state index in [-0.39, 0.29) is 5.56 Å². The highest BCUT2D eigenvalue weighted by Gasteiger charge is 2.14. The number of benzene rings is 2. The Bertz CT molecular complexity index is 902. The molecule has 1 aromatic heterocycles. The van der Waals surface area contributed by atoms with Crippen molar-refractivity contribution in [3.05, 3.63) is 64.4 Å². The number of fused-ring (bicyclic) bond motifs is 1. The van der Waals surface area contributed by atoms with Crippen LogP contribution in [0.1, 0.15) is 31.7 Å². The summed E-state index contributed by atoms with van der Waals surface area (Å²) in [5.74, 6) is 0.977. The molecule has 0 N–H and O–H groups in total. The van der Waals surface area contributed by atoms with Gasteiger partial charge in [-0.05, 0) is 37.1 Å². The highest BCUT2D eigenvalue weighted by molar-refractivity contribution is 7.99. The minimum atomic E-state index is 0.00731. The molecule has 124 valence electrons. The smallest absolute Gasteiger partial charge is 0.266 e. The predicted molar refractivity (Wildman–Crippen MR) is 102 cm³/mol. The first-order valence-corrected chi connectivity index (χ1v) is 9.41. The van der Waals surface area contributed by atoms with E-state index in [1.165, 1.54) is 12.8 Å². The summed E-state index contributed by atoms with van der Waals surface area (Å²) in [5, 5.41) is 1.45. The third-order valence-corrected chi connectivity index (χ3v) is 5.11. The molecule has 3 rings (SSSR count). The van der Waals surface area contributed by atoms with Crippen molar-refractivity contribution < 1.29 is 0 Å². The van der Waals surface area contributed by atoms with Crippen LogP contribution in [0.25, 0.3) is 16.6 Å². The fraction of sp³-hybridized carbons (Fsp3) is 0.300. The summed E-state index contributed by atoms with van der Waals surface area (Å²) in [6.45, 7) is 4.23. The second-order valence-electron chi connectivity index (χ2n) is 5.89. The molecule has 24 heavy (non-hydrogen) atoms. The van der Waals surface area contributed by atoms with Crippen molar-refractivity contribution in [2.45, 2.75) is 38.3 Å². The Kier molecular flexibility index (Phi) is 5.36. The van der Waals surface area contributed by atoms with Gasteiger partial charge in [0.2, 0.25) is 0 Å². The van der Waals surface area contributed by atoms with Crippen LogP contribution in [0.5, 0.6) is 0 Å². The lowest BCUT2D eigenvalue weighted by Crippen LogP contribution is -2.22. The number of thioether (sulfide) groups is 1. The van der Waals surface area contributed by atoms with E-state index < -0.39 is 0 Å². The number of aromatic nitrogens is 2. The van der Waals surface area contributed by atoms with E-state index in [9.17, 15) is 4.79 Å². The van der Waals surface area contributed by atoms with E-state index in [1.807, 2.05) is 55.5 Å². The van der Waals surface area contributed by atoms with Crippen molar-refractivity contribution in [2.75, 3.05) is 5.75 Å². The topological polar surface area (TPSA) is 34.9 Å². The molecule has 0 spiro atoms. The molecule has 0 unspecified atom stereocenters. The lowest BCUT2D eigenvalue weighted by atomic mass is 10.2. The standard InChI is InChI=1S/C20H22N2OS/c1-3-4-9-14-24-20-21-17-12-7-6-11-16(17)19(23)22(20)18-13-8-5-10-15(18)2/h5-8,10-13H,3-4,9,14H2,1-2H3. The third-order valence-electron chi connectivity index (χ3n) is 4.08. The summed E-state index contributed by atoms with van der Waals surface area (Å²) in [6.07, 6.45) is 3.53. The van der Waals surface area contributed by atoms with Gasteiger partial charge in [-0.3, -0.25) is 9.36 Å². The van der Waals surface area contributed by atoms with Gasteiger partial charge < -0.3 is 0 Å². The van der Waals surface area contributed by atoms with Gasteiger partial charge in [-0.25, -0.2) is 4.98 Å². The van der Waals surface area contributed by atoms with Gasteiger partial charge in [0, 0.05) is 5.75 Å². The predicted octanol–water partition coefficient (Wildman–Crippen LogP) is 4.98. The van der Waals surface area contributed by atoms with Crippen LogP contribution >= 0.6 is 11.8 Å². The highest BCUT2D eigenvalue weighted by Crippen LogP contribution is 2.23. The van der Waals surface area contributed by atoms with Crippen LogP contribution in [0.4, 0.5) is 0 Å². The Hall–Kier alpha value is -2.07. The molecule has 0 bridgehead atoms. The molecule has 0 radical (unpaired) electrons. The Morgan fingerprint density at radius 3 is 2.58 bits per heavy atom. The van der Waals surface area contributed by atoms with Gasteiger partial charge in [-0.15, -0.1) is 0 Å². The van der Waals surface area contributed by atoms with E-state index >= 15 is 0 Å². The fourth-order valence-electron chi connectivity index (χ4n) is 2.75. The normalized spacial score (nSPS) is 11.1. The molecule has 0 saturated heterocycles. The van der Waals surface area contributed by atoms with Crippen LogP contribution < -0.4 is 5.56 Å². The van der Waals surface area contributed by atoms with Crippen molar-refractivity contribution in [3.63, 3.8) is 0 Å². The van der Waals surface area contributed by atoms with Crippen LogP contribution in [0.2, 0.25) is 0 Å². The number of hydrogen-bond donors (Lipinski definition) is 0. The molecular formula is C20H22N2OS. The van der Waals surface area contributed by atoms with Gasteiger partial charge in [-0.2, -0.15) is 0 Å². The summed E-state index contributed by atoms with van der Waals surface area (Å²) in [7, 11) is 0. The monoisotopic (exact) mass is 338 g/mol. The first kappa shape index (κ1) is 16.8. The van der Waals surface area contributed by atoms with Crippen LogP contribution in [0.15, 0.2) is 58.5 Å². The highest BCUT2D eigenvalue weighted by atomic mass is 32.2. The van der Waals surface area contributed by atoms with E-state index in [0.717, 1.165) is 34.1 Å². The van der Waals surface area contributed by atoms with E-state index in [0.29, 0.717) is 5.39 Å². The largest absolute Gasteiger partial charge is 0.268 e. The molecule has 0 aliphatic carbocycles. The molecule has 2 aromatic carbocycles. The Balaban J connectivity index is 2.15. The molecule has 0 fully saturated rings. The summed E-state index contributed by atoms with van der Waals surface area (Å²) < 4.78 is 1.77. The maximum Gasteiger partial charge on any atom is 0.266 e. The van der Waals surface area contributed by atoms with Gasteiger partial charge in [-0.1, -0.05) is 61.9 Å². The first-order valence-electron chi connectivity index (χ1n) is 8.43. The number of rotatable bonds is 6. The Morgan fingerprint density at radius 2 is 1.79 bits per heavy atom. The number of hydrogen-bond acceptors (Lipinski definition) is 3. The van der Waals surface area contributed by atoms with Gasteiger partial charge in [0.25, 0.3) is 5.56 Å². The summed E-state index contributed by atoms with van der Waals surface area (Å²) in [5.41, 5.74) is 2.77. The minimum absolute atomic E-state index is 0.00731. The molecule has 0 saturated carbocycles. The van der Waals surface area contributed by atoms with E-state index in [1.54, 1.807) is 16.3 Å². The van der Waals surface area contributed by atoms with Crippen LogP contribution in [-0.4, -0.2) is 15.3 Å². The number of unbranched alkanes of at least 4 members (excludes halogenated alkanes) is 2. The lowest BCUT2D eigenvalue weighted by Gasteiger charge is -2.15. The summed E-state index contributed by atoms with van der Waals surface area (Å²) >= 11 is 1.67. The third kappa shape index (κ3) is 3.39. The van der Waals surface area contributed by atoms with Gasteiger partial charge in [0.1, 0.15) is 0 Å². The maximum atomic E-state index is 13.1. The minimum Gasteiger partial charge on any atom is -0.268 e.